The molecule has 0 unspecified atom stereocenters. The Morgan fingerprint density at radius 2 is 1.96 bits per heavy atom. The van der Waals surface area contributed by atoms with E-state index in [1.165, 1.54) is 11.3 Å². The maximum absolute atomic E-state index is 12.7. The standard InChI is InChI=1S/C19H19N3O3S/c1-2-3-10-20-18(24)15-16(14-9-11-26-12-14)22-25-19(15)21-17(23)13-7-5-4-6-8-13/h4-9,11-12H,2-3,10H2,1H3,(H,20,24)(H,21,23). The fraction of sp³-hybridized carbons (Fsp3) is 0.211. The summed E-state index contributed by atoms with van der Waals surface area (Å²) < 4.78 is 5.30. The minimum absolute atomic E-state index is 0.0500. The van der Waals surface area contributed by atoms with Crippen molar-refractivity contribution in [1.82, 2.24) is 10.5 Å². The first-order valence-corrected chi connectivity index (χ1v) is 9.31. The number of nitrogens with zero attached hydrogens (tertiary/aromatic N) is 1. The van der Waals surface area contributed by atoms with Crippen LogP contribution in [-0.2, 0) is 0 Å². The highest BCUT2D eigenvalue weighted by molar-refractivity contribution is 7.08. The summed E-state index contributed by atoms with van der Waals surface area (Å²) >= 11 is 1.50. The van der Waals surface area contributed by atoms with Crippen LogP contribution in [0.15, 0.2) is 51.7 Å². The monoisotopic (exact) mass is 369 g/mol. The second-order valence-electron chi connectivity index (χ2n) is 5.68. The van der Waals surface area contributed by atoms with Gasteiger partial charge in [0.2, 0.25) is 5.88 Å². The third-order valence-electron chi connectivity index (χ3n) is 3.79. The van der Waals surface area contributed by atoms with Gasteiger partial charge in [0.1, 0.15) is 11.3 Å². The van der Waals surface area contributed by atoms with Gasteiger partial charge in [-0.05, 0) is 30.0 Å². The van der Waals surface area contributed by atoms with Crippen molar-refractivity contribution in [3.8, 4) is 11.3 Å². The molecule has 0 spiro atoms. The predicted octanol–water partition coefficient (Wildman–Crippen LogP) is 4.19. The second kappa shape index (κ2) is 8.44. The minimum Gasteiger partial charge on any atom is -0.352 e. The summed E-state index contributed by atoms with van der Waals surface area (Å²) in [6.45, 7) is 2.60. The molecule has 0 atom stereocenters. The number of hydrogen-bond acceptors (Lipinski definition) is 5. The van der Waals surface area contributed by atoms with E-state index in [0.29, 0.717) is 17.8 Å². The van der Waals surface area contributed by atoms with E-state index in [1.54, 1.807) is 24.3 Å². The third-order valence-corrected chi connectivity index (χ3v) is 4.48. The smallest absolute Gasteiger partial charge is 0.259 e. The maximum Gasteiger partial charge on any atom is 0.259 e. The van der Waals surface area contributed by atoms with E-state index in [9.17, 15) is 9.59 Å². The Hall–Kier alpha value is -2.93. The van der Waals surface area contributed by atoms with E-state index in [1.807, 2.05) is 29.8 Å². The average molecular weight is 369 g/mol. The Labute approximate surface area is 155 Å². The Kier molecular flexibility index (Phi) is 5.80. The lowest BCUT2D eigenvalue weighted by molar-refractivity contribution is 0.0954. The number of rotatable bonds is 7. The van der Waals surface area contributed by atoms with Crippen molar-refractivity contribution in [2.24, 2.45) is 0 Å². The molecular formula is C19H19N3O3S. The summed E-state index contributed by atoms with van der Waals surface area (Å²) in [5, 5.41) is 13.3. The summed E-state index contributed by atoms with van der Waals surface area (Å²) in [4.78, 5) is 25.1. The molecule has 0 bridgehead atoms. The van der Waals surface area contributed by atoms with Gasteiger partial charge in [-0.25, -0.2) is 0 Å². The van der Waals surface area contributed by atoms with Crippen LogP contribution < -0.4 is 10.6 Å². The van der Waals surface area contributed by atoms with Gasteiger partial charge in [0.05, 0.1) is 0 Å². The number of hydrogen-bond donors (Lipinski definition) is 2. The van der Waals surface area contributed by atoms with Crippen LogP contribution >= 0.6 is 11.3 Å². The first-order chi connectivity index (χ1) is 12.7. The van der Waals surface area contributed by atoms with Crippen molar-refractivity contribution < 1.29 is 14.1 Å². The SMILES string of the molecule is CCCCNC(=O)c1c(-c2ccsc2)noc1NC(=O)c1ccccc1. The Bertz CT molecular complexity index is 873. The molecule has 0 aliphatic heterocycles. The number of carbonyl (C=O) groups excluding carboxylic acids is 2. The molecule has 1 aromatic carbocycles. The number of amides is 2. The molecule has 0 fully saturated rings. The molecule has 2 N–H and O–H groups in total. The van der Waals surface area contributed by atoms with Crippen molar-refractivity contribution >= 4 is 29.0 Å². The van der Waals surface area contributed by atoms with E-state index < -0.39 is 0 Å². The van der Waals surface area contributed by atoms with Crippen molar-refractivity contribution in [3.63, 3.8) is 0 Å². The minimum atomic E-state index is -0.360. The van der Waals surface area contributed by atoms with Gasteiger partial charge in [-0.15, -0.1) is 0 Å². The first kappa shape index (κ1) is 17.9. The van der Waals surface area contributed by atoms with E-state index in [0.717, 1.165) is 18.4 Å². The maximum atomic E-state index is 12.7. The number of aromatic nitrogens is 1. The quantitative estimate of drug-likeness (QED) is 0.612. The van der Waals surface area contributed by atoms with Crippen LogP contribution in [0.3, 0.4) is 0 Å². The topological polar surface area (TPSA) is 84.2 Å². The molecule has 26 heavy (non-hydrogen) atoms. The average Bonchev–Trinajstić information content (AvgIpc) is 3.32. The number of carbonyl (C=O) groups is 2. The van der Waals surface area contributed by atoms with Gasteiger partial charge in [0.15, 0.2) is 0 Å². The van der Waals surface area contributed by atoms with Gasteiger partial charge in [-0.2, -0.15) is 11.3 Å². The zero-order valence-electron chi connectivity index (χ0n) is 14.3. The molecule has 6 nitrogen and oxygen atoms in total. The highest BCUT2D eigenvalue weighted by atomic mass is 32.1. The van der Waals surface area contributed by atoms with E-state index >= 15 is 0 Å². The van der Waals surface area contributed by atoms with Crippen LogP contribution in [0, 0.1) is 0 Å². The van der Waals surface area contributed by atoms with Crippen molar-refractivity contribution in [2.45, 2.75) is 19.8 Å². The first-order valence-electron chi connectivity index (χ1n) is 8.37. The molecule has 7 heteroatoms. The van der Waals surface area contributed by atoms with Crippen LogP contribution in [0.4, 0.5) is 5.88 Å². The summed E-state index contributed by atoms with van der Waals surface area (Å²) in [6.07, 6.45) is 1.84. The molecule has 0 aliphatic rings. The van der Waals surface area contributed by atoms with Gasteiger partial charge in [0, 0.05) is 23.1 Å². The van der Waals surface area contributed by atoms with Crippen LogP contribution in [-0.4, -0.2) is 23.5 Å². The number of benzene rings is 1. The van der Waals surface area contributed by atoms with E-state index in [-0.39, 0.29) is 23.3 Å². The number of anilines is 1. The Balaban J connectivity index is 1.89. The molecule has 3 aromatic rings. The van der Waals surface area contributed by atoms with Gasteiger partial charge in [0.25, 0.3) is 11.8 Å². The lowest BCUT2D eigenvalue weighted by atomic mass is 10.1. The molecule has 134 valence electrons. The summed E-state index contributed by atoms with van der Waals surface area (Å²) in [6, 6.07) is 10.6. The summed E-state index contributed by atoms with van der Waals surface area (Å²) in [5.41, 5.74) is 1.91. The van der Waals surface area contributed by atoms with Crippen molar-refractivity contribution in [3.05, 3.63) is 58.3 Å². The predicted molar refractivity (Wildman–Crippen MR) is 101 cm³/mol. The van der Waals surface area contributed by atoms with Crippen LogP contribution in [0.2, 0.25) is 0 Å². The molecule has 0 radical (unpaired) electrons. The van der Waals surface area contributed by atoms with E-state index in [4.69, 9.17) is 4.52 Å². The van der Waals surface area contributed by atoms with Crippen molar-refractivity contribution in [1.29, 1.82) is 0 Å². The molecule has 0 aliphatic carbocycles. The van der Waals surface area contributed by atoms with Gasteiger partial charge in [-0.1, -0.05) is 36.7 Å². The van der Waals surface area contributed by atoms with Crippen molar-refractivity contribution in [2.75, 3.05) is 11.9 Å². The fourth-order valence-electron chi connectivity index (χ4n) is 2.41. The lowest BCUT2D eigenvalue weighted by Crippen LogP contribution is -2.26. The summed E-state index contributed by atoms with van der Waals surface area (Å²) in [7, 11) is 0. The molecule has 2 heterocycles. The largest absolute Gasteiger partial charge is 0.352 e. The second-order valence-corrected chi connectivity index (χ2v) is 6.46. The van der Waals surface area contributed by atoms with Crippen LogP contribution in [0.5, 0.6) is 0 Å². The zero-order valence-corrected chi connectivity index (χ0v) is 15.1. The third kappa shape index (κ3) is 4.00. The highest BCUT2D eigenvalue weighted by Crippen LogP contribution is 2.30. The van der Waals surface area contributed by atoms with Gasteiger partial charge >= 0.3 is 0 Å². The molecule has 2 amide bonds. The normalized spacial score (nSPS) is 10.5. The zero-order chi connectivity index (χ0) is 18.4. The molecule has 2 aromatic heterocycles. The summed E-state index contributed by atoms with van der Waals surface area (Å²) in [5.74, 6) is -0.625. The molecular weight excluding hydrogens is 350 g/mol. The Morgan fingerprint density at radius 3 is 2.65 bits per heavy atom. The Morgan fingerprint density at radius 1 is 1.15 bits per heavy atom. The fourth-order valence-corrected chi connectivity index (χ4v) is 3.05. The number of nitrogens with one attached hydrogen (secondary N) is 2. The van der Waals surface area contributed by atoms with Gasteiger partial charge in [-0.3, -0.25) is 14.9 Å². The lowest BCUT2D eigenvalue weighted by Gasteiger charge is -2.07. The van der Waals surface area contributed by atoms with Crippen LogP contribution in [0.25, 0.3) is 11.3 Å². The molecule has 3 rings (SSSR count). The number of thiophene rings is 1. The molecule has 0 saturated heterocycles. The van der Waals surface area contributed by atoms with E-state index in [2.05, 4.69) is 15.8 Å². The molecule has 0 saturated carbocycles. The number of unbranched alkanes of at least 4 members (excludes halogenated alkanes) is 1. The van der Waals surface area contributed by atoms with Crippen LogP contribution in [0.1, 0.15) is 40.5 Å². The highest BCUT2D eigenvalue weighted by Gasteiger charge is 2.25. The van der Waals surface area contributed by atoms with Gasteiger partial charge < -0.3 is 9.84 Å².